The number of amides is 1. The molecule has 2 rings (SSSR count). The molecule has 1 amide bonds. The first-order valence-corrected chi connectivity index (χ1v) is 6.02. The number of hydrogen-bond donors (Lipinski definition) is 1. The van der Waals surface area contributed by atoms with Gasteiger partial charge < -0.3 is 10.0 Å². The normalized spacial score (nSPS) is 16.6. The molecule has 0 atom stereocenters. The molecule has 1 N–H and O–H groups in total. The van der Waals surface area contributed by atoms with Crippen LogP contribution in [0.4, 0.5) is 0 Å². The average Bonchev–Trinajstić information content (AvgIpc) is 2.39. The predicted octanol–water partition coefficient (Wildman–Crippen LogP) is 1.33. The number of aromatic nitrogens is 1. The molecule has 0 aliphatic carbocycles. The van der Waals surface area contributed by atoms with Gasteiger partial charge in [0.2, 0.25) is 0 Å². The molecule has 0 bridgehead atoms. The highest BCUT2D eigenvalue weighted by Gasteiger charge is 2.27. The van der Waals surface area contributed by atoms with Crippen LogP contribution in [0.25, 0.3) is 0 Å². The quantitative estimate of drug-likeness (QED) is 0.857. The lowest BCUT2D eigenvalue weighted by molar-refractivity contribution is -0.143. The Bertz CT molecular complexity index is 448. The summed E-state index contributed by atoms with van der Waals surface area (Å²) in [4.78, 5) is 28.7. The van der Waals surface area contributed by atoms with Crippen molar-refractivity contribution in [2.24, 2.45) is 5.92 Å². The van der Waals surface area contributed by atoms with Crippen molar-refractivity contribution in [2.45, 2.75) is 19.8 Å². The Morgan fingerprint density at radius 3 is 2.50 bits per heavy atom. The lowest BCUT2D eigenvalue weighted by Crippen LogP contribution is -2.40. The van der Waals surface area contributed by atoms with E-state index in [1.165, 1.54) is 0 Å². The van der Waals surface area contributed by atoms with E-state index < -0.39 is 5.97 Å². The van der Waals surface area contributed by atoms with E-state index in [1.807, 2.05) is 6.92 Å². The molecule has 1 fully saturated rings. The molecule has 0 radical (unpaired) electrons. The van der Waals surface area contributed by atoms with Crippen LogP contribution in [0.5, 0.6) is 0 Å². The van der Waals surface area contributed by atoms with Crippen LogP contribution in [-0.2, 0) is 4.79 Å². The molecule has 0 unspecified atom stereocenters. The summed E-state index contributed by atoms with van der Waals surface area (Å²) in [6.45, 7) is 2.87. The first kappa shape index (κ1) is 12.5. The molecule has 0 aromatic carbocycles. The first-order chi connectivity index (χ1) is 8.58. The summed E-state index contributed by atoms with van der Waals surface area (Å²) in [7, 11) is 0. The second-order valence-corrected chi connectivity index (χ2v) is 4.59. The molecular weight excluding hydrogens is 232 g/mol. The summed E-state index contributed by atoms with van der Waals surface area (Å²) in [6.07, 6.45) is 2.63. The Morgan fingerprint density at radius 1 is 1.33 bits per heavy atom. The largest absolute Gasteiger partial charge is 0.481 e. The maximum Gasteiger partial charge on any atom is 0.306 e. The standard InChI is InChI=1S/C13H16N2O3/c1-9-2-3-11(8-14-9)12(16)15-6-4-10(5-7-15)13(17)18/h2-3,8,10H,4-7H2,1H3,(H,17,18). The van der Waals surface area contributed by atoms with Gasteiger partial charge in [-0.05, 0) is 31.9 Å². The minimum atomic E-state index is -0.765. The fourth-order valence-corrected chi connectivity index (χ4v) is 2.11. The number of aliphatic carboxylic acids is 1. The molecule has 1 aliphatic rings. The van der Waals surface area contributed by atoms with Crippen molar-refractivity contribution < 1.29 is 14.7 Å². The van der Waals surface area contributed by atoms with Gasteiger partial charge in [0.1, 0.15) is 0 Å². The third-order valence-corrected chi connectivity index (χ3v) is 3.29. The van der Waals surface area contributed by atoms with E-state index in [2.05, 4.69) is 4.98 Å². The number of nitrogens with zero attached hydrogens (tertiary/aromatic N) is 2. The minimum absolute atomic E-state index is 0.0636. The number of carbonyl (C=O) groups is 2. The zero-order valence-corrected chi connectivity index (χ0v) is 10.3. The third-order valence-electron chi connectivity index (χ3n) is 3.29. The zero-order chi connectivity index (χ0) is 13.1. The number of carbonyl (C=O) groups excluding carboxylic acids is 1. The van der Waals surface area contributed by atoms with Crippen molar-refractivity contribution in [3.05, 3.63) is 29.6 Å². The lowest BCUT2D eigenvalue weighted by atomic mass is 9.97. The average molecular weight is 248 g/mol. The third kappa shape index (κ3) is 2.67. The van der Waals surface area contributed by atoms with E-state index >= 15 is 0 Å². The maximum absolute atomic E-state index is 12.1. The molecule has 96 valence electrons. The summed E-state index contributed by atoms with van der Waals surface area (Å²) in [5.41, 5.74) is 1.44. The van der Waals surface area contributed by atoms with Crippen molar-refractivity contribution in [1.82, 2.24) is 9.88 Å². The summed E-state index contributed by atoms with van der Waals surface area (Å²) in [5, 5.41) is 8.90. The number of piperidine rings is 1. The Balaban J connectivity index is 1.99. The van der Waals surface area contributed by atoms with Crippen LogP contribution in [-0.4, -0.2) is 40.0 Å². The first-order valence-electron chi connectivity index (χ1n) is 6.02. The van der Waals surface area contributed by atoms with Crippen molar-refractivity contribution >= 4 is 11.9 Å². The molecule has 0 saturated carbocycles. The maximum atomic E-state index is 12.1. The van der Waals surface area contributed by atoms with Gasteiger partial charge in [0, 0.05) is 25.0 Å². The Morgan fingerprint density at radius 2 is 2.00 bits per heavy atom. The van der Waals surface area contributed by atoms with Crippen molar-refractivity contribution in [3.63, 3.8) is 0 Å². The predicted molar refractivity (Wildman–Crippen MR) is 65.2 cm³/mol. The smallest absolute Gasteiger partial charge is 0.306 e. The molecule has 5 nitrogen and oxygen atoms in total. The van der Waals surface area contributed by atoms with Crippen LogP contribution in [0.3, 0.4) is 0 Å². The molecule has 1 saturated heterocycles. The van der Waals surface area contributed by atoms with Gasteiger partial charge in [-0.3, -0.25) is 14.6 Å². The number of hydrogen-bond acceptors (Lipinski definition) is 3. The van der Waals surface area contributed by atoms with Gasteiger partial charge in [-0.2, -0.15) is 0 Å². The topological polar surface area (TPSA) is 70.5 Å². The molecule has 1 aliphatic heterocycles. The number of pyridine rings is 1. The number of carboxylic acids is 1. The van der Waals surface area contributed by atoms with Crippen LogP contribution >= 0.6 is 0 Å². The molecule has 5 heteroatoms. The van der Waals surface area contributed by atoms with Gasteiger partial charge in [0.15, 0.2) is 0 Å². The monoisotopic (exact) mass is 248 g/mol. The summed E-state index contributed by atoms with van der Waals surface area (Å²) in [5.74, 6) is -1.14. The second kappa shape index (κ2) is 5.16. The molecular formula is C13H16N2O3. The highest BCUT2D eigenvalue weighted by molar-refractivity contribution is 5.94. The highest BCUT2D eigenvalue weighted by atomic mass is 16.4. The summed E-state index contributed by atoms with van der Waals surface area (Å²) < 4.78 is 0. The Kier molecular flexibility index (Phi) is 3.60. The van der Waals surface area contributed by atoms with E-state index in [1.54, 1.807) is 23.2 Å². The number of rotatable bonds is 2. The lowest BCUT2D eigenvalue weighted by Gasteiger charge is -2.30. The number of likely N-dealkylation sites (tertiary alicyclic amines) is 1. The van der Waals surface area contributed by atoms with Gasteiger partial charge in [0.25, 0.3) is 5.91 Å². The Hall–Kier alpha value is -1.91. The SMILES string of the molecule is Cc1ccc(C(=O)N2CCC(C(=O)O)CC2)cn1. The number of carboxylic acid groups (broad SMARTS) is 1. The van der Waals surface area contributed by atoms with Crippen LogP contribution < -0.4 is 0 Å². The fourth-order valence-electron chi connectivity index (χ4n) is 2.11. The molecule has 0 spiro atoms. The van der Waals surface area contributed by atoms with E-state index in [-0.39, 0.29) is 11.8 Å². The van der Waals surface area contributed by atoms with Gasteiger partial charge in [0.05, 0.1) is 11.5 Å². The minimum Gasteiger partial charge on any atom is -0.481 e. The van der Waals surface area contributed by atoms with E-state index in [4.69, 9.17) is 5.11 Å². The van der Waals surface area contributed by atoms with Gasteiger partial charge in [-0.1, -0.05) is 0 Å². The zero-order valence-electron chi connectivity index (χ0n) is 10.3. The molecule has 1 aromatic rings. The van der Waals surface area contributed by atoms with E-state index in [9.17, 15) is 9.59 Å². The van der Waals surface area contributed by atoms with Crippen LogP contribution in [0.15, 0.2) is 18.3 Å². The van der Waals surface area contributed by atoms with Gasteiger partial charge in [-0.15, -0.1) is 0 Å². The van der Waals surface area contributed by atoms with Crippen LogP contribution in [0, 0.1) is 12.8 Å². The molecule has 18 heavy (non-hydrogen) atoms. The molecule has 2 heterocycles. The van der Waals surface area contributed by atoms with E-state index in [0.717, 1.165) is 5.69 Å². The van der Waals surface area contributed by atoms with Crippen molar-refractivity contribution in [3.8, 4) is 0 Å². The van der Waals surface area contributed by atoms with Gasteiger partial charge in [-0.25, -0.2) is 0 Å². The number of aryl methyl sites for hydroxylation is 1. The molecule has 1 aromatic heterocycles. The van der Waals surface area contributed by atoms with E-state index in [0.29, 0.717) is 31.5 Å². The highest BCUT2D eigenvalue weighted by Crippen LogP contribution is 2.19. The summed E-state index contributed by atoms with van der Waals surface area (Å²) in [6, 6.07) is 3.56. The fraction of sp³-hybridized carbons (Fsp3) is 0.462. The van der Waals surface area contributed by atoms with Crippen molar-refractivity contribution in [2.75, 3.05) is 13.1 Å². The van der Waals surface area contributed by atoms with Gasteiger partial charge >= 0.3 is 5.97 Å². The van der Waals surface area contributed by atoms with Crippen LogP contribution in [0.1, 0.15) is 28.9 Å². The van der Waals surface area contributed by atoms with Crippen LogP contribution in [0.2, 0.25) is 0 Å². The summed E-state index contributed by atoms with van der Waals surface area (Å²) >= 11 is 0. The second-order valence-electron chi connectivity index (χ2n) is 4.59. The Labute approximate surface area is 105 Å². The van der Waals surface area contributed by atoms with Crippen molar-refractivity contribution in [1.29, 1.82) is 0 Å².